The Morgan fingerprint density at radius 1 is 0.882 bits per heavy atom. The third kappa shape index (κ3) is 2.43. The van der Waals surface area contributed by atoms with Crippen LogP contribution in [0.4, 0.5) is 0 Å². The van der Waals surface area contributed by atoms with E-state index in [1.54, 1.807) is 24.3 Å². The largest absolute Gasteiger partial charge is 0.298 e. The van der Waals surface area contributed by atoms with E-state index >= 15 is 0 Å². The van der Waals surface area contributed by atoms with Crippen molar-refractivity contribution in [2.24, 2.45) is 0 Å². The van der Waals surface area contributed by atoms with Crippen LogP contribution in [-0.2, 0) is 0 Å². The molecule has 0 spiro atoms. The van der Waals surface area contributed by atoms with Crippen molar-refractivity contribution in [3.05, 3.63) is 58.6 Å². The highest BCUT2D eigenvalue weighted by molar-refractivity contribution is 6.33. The fourth-order valence-corrected chi connectivity index (χ4v) is 1.91. The molecule has 2 aromatic rings. The summed E-state index contributed by atoms with van der Waals surface area (Å²) in [6.45, 7) is 0. The van der Waals surface area contributed by atoms with Gasteiger partial charge in [-0.05, 0) is 29.8 Å². The van der Waals surface area contributed by atoms with Crippen molar-refractivity contribution in [2.75, 3.05) is 0 Å². The molecule has 0 N–H and O–H groups in total. The van der Waals surface area contributed by atoms with Gasteiger partial charge in [0.25, 0.3) is 0 Å². The van der Waals surface area contributed by atoms with Crippen molar-refractivity contribution in [2.45, 2.75) is 0 Å². The first-order valence-electron chi connectivity index (χ1n) is 5.05. The molecule has 0 heterocycles. The van der Waals surface area contributed by atoms with Crippen LogP contribution in [0, 0.1) is 0 Å². The van der Waals surface area contributed by atoms with Crippen molar-refractivity contribution in [3.8, 4) is 11.1 Å². The van der Waals surface area contributed by atoms with Gasteiger partial charge in [0.05, 0.1) is 0 Å². The van der Waals surface area contributed by atoms with Crippen LogP contribution in [0.2, 0.25) is 5.02 Å². The molecule has 0 unspecified atom stereocenters. The topological polar surface area (TPSA) is 34.1 Å². The number of aldehydes is 2. The van der Waals surface area contributed by atoms with Crippen molar-refractivity contribution >= 4 is 24.2 Å². The van der Waals surface area contributed by atoms with E-state index in [2.05, 4.69) is 0 Å². The second-order valence-electron chi connectivity index (χ2n) is 3.60. The lowest BCUT2D eigenvalue weighted by Crippen LogP contribution is -1.89. The molecule has 0 fully saturated rings. The molecule has 0 aliphatic heterocycles. The van der Waals surface area contributed by atoms with Gasteiger partial charge in [-0.15, -0.1) is 0 Å². The van der Waals surface area contributed by atoms with Crippen LogP contribution in [0.3, 0.4) is 0 Å². The smallest absolute Gasteiger partial charge is 0.150 e. The zero-order valence-electron chi connectivity index (χ0n) is 8.89. The molecule has 2 nitrogen and oxygen atoms in total. The molecule has 0 atom stereocenters. The van der Waals surface area contributed by atoms with Gasteiger partial charge in [-0.2, -0.15) is 0 Å². The van der Waals surface area contributed by atoms with Crippen LogP contribution in [0.1, 0.15) is 20.7 Å². The van der Waals surface area contributed by atoms with Gasteiger partial charge in [-0.3, -0.25) is 9.59 Å². The van der Waals surface area contributed by atoms with Gasteiger partial charge >= 0.3 is 0 Å². The standard InChI is InChI=1S/C14H9ClO2/c15-14-4-2-1-3-13(14)12-6-10(8-16)5-11(7-12)9-17/h1-9H. The van der Waals surface area contributed by atoms with E-state index in [4.69, 9.17) is 11.6 Å². The Balaban J connectivity index is 2.63. The quantitative estimate of drug-likeness (QED) is 0.773. The zero-order chi connectivity index (χ0) is 12.3. The SMILES string of the molecule is O=Cc1cc(C=O)cc(-c2ccccc2Cl)c1. The molecule has 0 bridgehead atoms. The van der Waals surface area contributed by atoms with E-state index in [0.717, 1.165) is 11.1 Å². The van der Waals surface area contributed by atoms with E-state index in [1.165, 1.54) is 0 Å². The maximum Gasteiger partial charge on any atom is 0.150 e. The van der Waals surface area contributed by atoms with E-state index in [-0.39, 0.29) is 0 Å². The van der Waals surface area contributed by atoms with Gasteiger partial charge in [0, 0.05) is 21.7 Å². The Labute approximate surface area is 104 Å². The Bertz CT molecular complexity index is 550. The first-order valence-corrected chi connectivity index (χ1v) is 5.43. The predicted molar refractivity (Wildman–Crippen MR) is 67.7 cm³/mol. The van der Waals surface area contributed by atoms with E-state index in [0.29, 0.717) is 28.7 Å². The normalized spacial score (nSPS) is 9.94. The average Bonchev–Trinajstić information content (AvgIpc) is 2.38. The number of carbonyl (C=O) groups is 2. The average molecular weight is 245 g/mol. The monoisotopic (exact) mass is 244 g/mol. The Hall–Kier alpha value is -1.93. The molecule has 2 rings (SSSR count). The van der Waals surface area contributed by atoms with Gasteiger partial charge in [-0.1, -0.05) is 29.8 Å². The minimum atomic E-state index is 0.463. The lowest BCUT2D eigenvalue weighted by molar-refractivity contribution is 0.112. The fourth-order valence-electron chi connectivity index (χ4n) is 1.66. The number of halogens is 1. The molecule has 17 heavy (non-hydrogen) atoms. The first kappa shape index (κ1) is 11.6. The van der Waals surface area contributed by atoms with Crippen LogP contribution >= 0.6 is 11.6 Å². The van der Waals surface area contributed by atoms with Crippen molar-refractivity contribution < 1.29 is 9.59 Å². The highest BCUT2D eigenvalue weighted by Crippen LogP contribution is 2.28. The van der Waals surface area contributed by atoms with Gasteiger partial charge < -0.3 is 0 Å². The van der Waals surface area contributed by atoms with Crippen molar-refractivity contribution in [1.82, 2.24) is 0 Å². The van der Waals surface area contributed by atoms with Crippen LogP contribution < -0.4 is 0 Å². The number of benzene rings is 2. The van der Waals surface area contributed by atoms with Gasteiger partial charge in [0.1, 0.15) is 12.6 Å². The molecule has 0 amide bonds. The summed E-state index contributed by atoms with van der Waals surface area (Å²) in [4.78, 5) is 21.6. The lowest BCUT2D eigenvalue weighted by Gasteiger charge is -2.06. The third-order valence-corrected chi connectivity index (χ3v) is 2.76. The Morgan fingerprint density at radius 2 is 1.47 bits per heavy atom. The highest BCUT2D eigenvalue weighted by atomic mass is 35.5. The number of rotatable bonds is 3. The van der Waals surface area contributed by atoms with Crippen LogP contribution in [-0.4, -0.2) is 12.6 Å². The van der Waals surface area contributed by atoms with Crippen LogP contribution in [0.25, 0.3) is 11.1 Å². The third-order valence-electron chi connectivity index (χ3n) is 2.43. The summed E-state index contributed by atoms with van der Waals surface area (Å²) in [5.74, 6) is 0. The van der Waals surface area contributed by atoms with E-state index in [9.17, 15) is 9.59 Å². The minimum Gasteiger partial charge on any atom is -0.298 e. The summed E-state index contributed by atoms with van der Waals surface area (Å²) in [5, 5.41) is 0.590. The summed E-state index contributed by atoms with van der Waals surface area (Å²) < 4.78 is 0. The second kappa shape index (κ2) is 4.93. The molecule has 0 aliphatic rings. The van der Waals surface area contributed by atoms with Gasteiger partial charge in [0.15, 0.2) is 0 Å². The molecule has 0 saturated carbocycles. The van der Waals surface area contributed by atoms with Crippen molar-refractivity contribution in [1.29, 1.82) is 0 Å². The molecule has 2 aromatic carbocycles. The minimum absolute atomic E-state index is 0.463. The molecule has 84 valence electrons. The number of hydrogen-bond acceptors (Lipinski definition) is 2. The summed E-state index contributed by atoms with van der Waals surface area (Å²) in [5.41, 5.74) is 2.50. The maximum atomic E-state index is 10.8. The summed E-state index contributed by atoms with van der Waals surface area (Å²) in [6, 6.07) is 12.3. The van der Waals surface area contributed by atoms with Crippen molar-refractivity contribution in [3.63, 3.8) is 0 Å². The van der Waals surface area contributed by atoms with E-state index in [1.807, 2.05) is 18.2 Å². The van der Waals surface area contributed by atoms with Gasteiger partial charge in [-0.25, -0.2) is 0 Å². The van der Waals surface area contributed by atoms with E-state index < -0.39 is 0 Å². The molecule has 3 heteroatoms. The number of hydrogen-bond donors (Lipinski definition) is 0. The summed E-state index contributed by atoms with van der Waals surface area (Å²) >= 11 is 6.07. The lowest BCUT2D eigenvalue weighted by atomic mass is 10.0. The predicted octanol–water partition coefficient (Wildman–Crippen LogP) is 3.63. The maximum absolute atomic E-state index is 10.8. The Kier molecular flexibility index (Phi) is 3.35. The fraction of sp³-hybridized carbons (Fsp3) is 0. The molecular formula is C14H9ClO2. The molecule has 0 radical (unpaired) electrons. The second-order valence-corrected chi connectivity index (χ2v) is 4.01. The molecular weight excluding hydrogens is 236 g/mol. The Morgan fingerprint density at radius 3 is 2.00 bits per heavy atom. The highest BCUT2D eigenvalue weighted by Gasteiger charge is 2.05. The molecule has 0 aliphatic carbocycles. The first-order chi connectivity index (χ1) is 8.24. The van der Waals surface area contributed by atoms with Crippen LogP contribution in [0.5, 0.6) is 0 Å². The molecule has 0 aromatic heterocycles. The molecule has 0 saturated heterocycles. The zero-order valence-corrected chi connectivity index (χ0v) is 9.65. The summed E-state index contributed by atoms with van der Waals surface area (Å²) in [7, 11) is 0. The summed E-state index contributed by atoms with van der Waals surface area (Å²) in [6.07, 6.45) is 1.43. The number of carbonyl (C=O) groups excluding carboxylic acids is 2. The van der Waals surface area contributed by atoms with Gasteiger partial charge in [0.2, 0.25) is 0 Å². The van der Waals surface area contributed by atoms with Crippen LogP contribution in [0.15, 0.2) is 42.5 Å².